The molecule has 8 heteroatoms. The zero-order valence-corrected chi connectivity index (χ0v) is 21.3. The molecule has 182 valence electrons. The number of rotatable bonds is 8. The molecule has 0 radical (unpaired) electrons. The number of amides is 2. The molecule has 1 aromatic heterocycles. The van der Waals surface area contributed by atoms with Crippen LogP contribution in [0, 0.1) is 0 Å². The van der Waals surface area contributed by atoms with Crippen LogP contribution in [0.3, 0.4) is 0 Å². The summed E-state index contributed by atoms with van der Waals surface area (Å²) < 4.78 is 5.86. The van der Waals surface area contributed by atoms with E-state index >= 15 is 0 Å². The second-order valence-corrected chi connectivity index (χ2v) is 10.9. The highest BCUT2D eigenvalue weighted by Crippen LogP contribution is 2.71. The first kappa shape index (κ1) is 23.6. The van der Waals surface area contributed by atoms with Gasteiger partial charge in [0.2, 0.25) is 5.91 Å². The normalized spacial score (nSPS) is 19.9. The van der Waals surface area contributed by atoms with E-state index in [1.807, 2.05) is 68.5 Å². The lowest BCUT2D eigenvalue weighted by Gasteiger charge is -2.23. The maximum absolute atomic E-state index is 13.4. The smallest absolute Gasteiger partial charge is 0.251 e. The van der Waals surface area contributed by atoms with Crippen molar-refractivity contribution in [3.63, 3.8) is 0 Å². The number of fused-ring (bicyclic) bond motifs is 4. The Bertz CT molecular complexity index is 1310. The fourth-order valence-corrected chi connectivity index (χ4v) is 6.47. The molecule has 0 saturated heterocycles. The van der Waals surface area contributed by atoms with Gasteiger partial charge in [-0.05, 0) is 68.5 Å². The van der Waals surface area contributed by atoms with Gasteiger partial charge in [0, 0.05) is 44.4 Å². The minimum Gasteiger partial charge on any atom is -0.456 e. The molecule has 2 aromatic carbocycles. The number of benzene rings is 2. The standard InChI is InChI=1S/C27H30N4O3S/c1-28-25(32)20-8-5-7-17-15-18(9-10-19(17)20)34-22-11-12-29-23-21-16-27(21,35-24(22)23)26(33)31(4)14-6-13-30(2)3/h5,7-12,15,21H,6,13-14,16H2,1-4H3,(H,28,32). The monoisotopic (exact) mass is 490 g/mol. The van der Waals surface area contributed by atoms with Gasteiger partial charge in [-0.25, -0.2) is 0 Å². The molecule has 1 aliphatic carbocycles. The van der Waals surface area contributed by atoms with Crippen molar-refractivity contribution in [2.75, 3.05) is 41.3 Å². The highest BCUT2D eigenvalue weighted by molar-refractivity contribution is 8.02. The van der Waals surface area contributed by atoms with Gasteiger partial charge < -0.3 is 19.9 Å². The molecule has 35 heavy (non-hydrogen) atoms. The van der Waals surface area contributed by atoms with E-state index in [0.717, 1.165) is 53.0 Å². The molecule has 0 bridgehead atoms. The summed E-state index contributed by atoms with van der Waals surface area (Å²) in [6, 6.07) is 13.2. The third kappa shape index (κ3) is 4.25. The van der Waals surface area contributed by atoms with Crippen LogP contribution in [0.15, 0.2) is 53.6 Å². The summed E-state index contributed by atoms with van der Waals surface area (Å²) in [5.41, 5.74) is 1.59. The number of pyridine rings is 1. The predicted octanol–water partition coefficient (Wildman–Crippen LogP) is 4.13. The molecule has 2 unspecified atom stereocenters. The molecule has 2 heterocycles. The molecule has 2 aliphatic rings. The van der Waals surface area contributed by atoms with Crippen LogP contribution in [0.2, 0.25) is 0 Å². The first-order valence-corrected chi connectivity index (χ1v) is 12.7. The second-order valence-electron chi connectivity index (χ2n) is 9.52. The third-order valence-corrected chi connectivity index (χ3v) is 8.38. The van der Waals surface area contributed by atoms with E-state index in [2.05, 4.69) is 15.2 Å². The number of aromatic nitrogens is 1. The lowest BCUT2D eigenvalue weighted by atomic mass is 10.0. The lowest BCUT2D eigenvalue weighted by molar-refractivity contribution is -0.130. The van der Waals surface area contributed by atoms with Gasteiger partial charge >= 0.3 is 0 Å². The molecule has 1 fully saturated rings. The van der Waals surface area contributed by atoms with Gasteiger partial charge in [-0.3, -0.25) is 14.6 Å². The van der Waals surface area contributed by atoms with Crippen LogP contribution in [0.5, 0.6) is 11.5 Å². The number of hydrogen-bond donors (Lipinski definition) is 1. The van der Waals surface area contributed by atoms with Crippen molar-refractivity contribution in [2.24, 2.45) is 0 Å². The molecular weight excluding hydrogens is 460 g/mol. The average molecular weight is 491 g/mol. The molecule has 2 atom stereocenters. The Morgan fingerprint density at radius 1 is 1.17 bits per heavy atom. The Balaban J connectivity index is 1.35. The Morgan fingerprint density at radius 3 is 2.77 bits per heavy atom. The van der Waals surface area contributed by atoms with Gasteiger partial charge in [0.25, 0.3) is 5.91 Å². The first-order valence-electron chi connectivity index (χ1n) is 11.8. The number of hydrogen-bond acceptors (Lipinski definition) is 6. The number of nitrogens with one attached hydrogen (secondary N) is 1. The molecule has 1 saturated carbocycles. The van der Waals surface area contributed by atoms with Crippen molar-refractivity contribution >= 4 is 34.3 Å². The third-order valence-electron chi connectivity index (χ3n) is 6.78. The molecule has 2 amide bonds. The van der Waals surface area contributed by atoms with Crippen molar-refractivity contribution in [1.29, 1.82) is 0 Å². The highest BCUT2D eigenvalue weighted by Gasteiger charge is 2.68. The lowest BCUT2D eigenvalue weighted by Crippen LogP contribution is -2.37. The molecule has 5 rings (SSSR count). The van der Waals surface area contributed by atoms with Crippen LogP contribution in [0.4, 0.5) is 0 Å². The van der Waals surface area contributed by atoms with E-state index < -0.39 is 4.75 Å². The summed E-state index contributed by atoms with van der Waals surface area (Å²) in [7, 11) is 7.62. The van der Waals surface area contributed by atoms with Crippen LogP contribution in [0.25, 0.3) is 10.8 Å². The summed E-state index contributed by atoms with van der Waals surface area (Å²) in [5.74, 6) is 1.61. The Labute approximate surface area is 209 Å². The fraction of sp³-hybridized carbons (Fsp3) is 0.370. The number of ether oxygens (including phenoxy) is 1. The average Bonchev–Trinajstić information content (AvgIpc) is 3.49. The summed E-state index contributed by atoms with van der Waals surface area (Å²) >= 11 is 1.61. The Kier molecular flexibility index (Phi) is 6.19. The van der Waals surface area contributed by atoms with E-state index in [1.54, 1.807) is 25.0 Å². The van der Waals surface area contributed by atoms with Gasteiger partial charge in [0.1, 0.15) is 16.2 Å². The second kappa shape index (κ2) is 9.17. The van der Waals surface area contributed by atoms with Crippen molar-refractivity contribution in [1.82, 2.24) is 20.1 Å². The zero-order valence-electron chi connectivity index (χ0n) is 20.5. The van der Waals surface area contributed by atoms with Crippen LogP contribution in [-0.4, -0.2) is 72.6 Å². The molecule has 1 aliphatic heterocycles. The minimum atomic E-state index is -0.451. The van der Waals surface area contributed by atoms with E-state index in [1.165, 1.54) is 0 Å². The highest BCUT2D eigenvalue weighted by atomic mass is 32.2. The SMILES string of the molecule is CNC(=O)c1cccc2cc(Oc3ccnc4c3SC3(C(=O)N(C)CCCN(C)C)CC43)ccc12. The van der Waals surface area contributed by atoms with Crippen molar-refractivity contribution in [2.45, 2.75) is 28.4 Å². The molecule has 3 aromatic rings. The maximum atomic E-state index is 13.4. The Morgan fingerprint density at radius 2 is 2.00 bits per heavy atom. The summed E-state index contributed by atoms with van der Waals surface area (Å²) in [6.45, 7) is 1.70. The topological polar surface area (TPSA) is 74.8 Å². The van der Waals surface area contributed by atoms with Gasteiger partial charge in [-0.2, -0.15) is 0 Å². The molecule has 0 spiro atoms. The molecule has 1 N–H and O–H groups in total. The van der Waals surface area contributed by atoms with Crippen molar-refractivity contribution < 1.29 is 14.3 Å². The Hall–Kier alpha value is -3.10. The molecule has 7 nitrogen and oxygen atoms in total. The molecular formula is C27H30N4O3S. The van der Waals surface area contributed by atoms with E-state index in [9.17, 15) is 9.59 Å². The summed E-state index contributed by atoms with van der Waals surface area (Å²) in [4.78, 5) is 35.2. The van der Waals surface area contributed by atoms with Gasteiger partial charge in [0.05, 0.1) is 10.6 Å². The van der Waals surface area contributed by atoms with Crippen LogP contribution in [-0.2, 0) is 4.79 Å². The first-order chi connectivity index (χ1) is 16.8. The maximum Gasteiger partial charge on any atom is 0.251 e. The number of carbonyl (C=O) groups excluding carboxylic acids is 2. The van der Waals surface area contributed by atoms with E-state index in [-0.39, 0.29) is 17.7 Å². The zero-order chi connectivity index (χ0) is 24.7. The quantitative estimate of drug-likeness (QED) is 0.512. The van der Waals surface area contributed by atoms with Crippen molar-refractivity contribution in [3.8, 4) is 11.5 Å². The number of nitrogens with zero attached hydrogens (tertiary/aromatic N) is 3. The van der Waals surface area contributed by atoms with Gasteiger partial charge in [-0.15, -0.1) is 11.8 Å². The van der Waals surface area contributed by atoms with Crippen molar-refractivity contribution in [3.05, 3.63) is 59.9 Å². The largest absolute Gasteiger partial charge is 0.456 e. The summed E-state index contributed by atoms with van der Waals surface area (Å²) in [6.07, 6.45) is 3.54. The van der Waals surface area contributed by atoms with Crippen LogP contribution in [0.1, 0.15) is 34.8 Å². The van der Waals surface area contributed by atoms with Gasteiger partial charge in [0.15, 0.2) is 0 Å². The number of thioether (sulfide) groups is 1. The fourth-order valence-electron chi connectivity index (χ4n) is 4.85. The van der Waals surface area contributed by atoms with Gasteiger partial charge in [-0.1, -0.05) is 12.1 Å². The predicted molar refractivity (Wildman–Crippen MR) is 138 cm³/mol. The summed E-state index contributed by atoms with van der Waals surface area (Å²) in [5, 5.41) is 4.49. The van der Waals surface area contributed by atoms with E-state index in [4.69, 9.17) is 4.74 Å². The van der Waals surface area contributed by atoms with E-state index in [0.29, 0.717) is 11.3 Å². The number of carbonyl (C=O) groups is 2. The van der Waals surface area contributed by atoms with Crippen LogP contribution >= 0.6 is 11.8 Å². The minimum absolute atomic E-state index is 0.117. The van der Waals surface area contributed by atoms with Crippen LogP contribution < -0.4 is 10.1 Å².